The van der Waals surface area contributed by atoms with Gasteiger partial charge in [-0.2, -0.15) is 0 Å². The van der Waals surface area contributed by atoms with Crippen molar-refractivity contribution in [1.29, 1.82) is 0 Å². The first kappa shape index (κ1) is 21.8. The number of carbonyl (C=O) groups is 1. The highest BCUT2D eigenvalue weighted by molar-refractivity contribution is 6.62. The lowest BCUT2D eigenvalue weighted by Gasteiger charge is -2.32. The summed E-state index contributed by atoms with van der Waals surface area (Å²) in [6.45, 7) is 18.2. The van der Waals surface area contributed by atoms with Gasteiger partial charge in [0.1, 0.15) is 5.60 Å². The van der Waals surface area contributed by atoms with Crippen LogP contribution in [0, 0.1) is 0 Å². The van der Waals surface area contributed by atoms with Crippen LogP contribution < -0.4 is 5.46 Å². The Labute approximate surface area is 164 Å². The SMILES string of the molecule is CC(C)N(Cc1cccc(B2OC(C)(C)C(C)(C)O2)c1)C(=O)OC(C)(C)C. The number of hydrogen-bond acceptors (Lipinski definition) is 4. The van der Waals surface area contributed by atoms with Gasteiger partial charge in [0.25, 0.3) is 0 Å². The van der Waals surface area contributed by atoms with Crippen molar-refractivity contribution in [3.63, 3.8) is 0 Å². The summed E-state index contributed by atoms with van der Waals surface area (Å²) in [5, 5.41) is 0. The van der Waals surface area contributed by atoms with Crippen LogP contribution in [0.15, 0.2) is 24.3 Å². The van der Waals surface area contributed by atoms with Gasteiger partial charge in [-0.3, -0.25) is 0 Å². The third kappa shape index (κ3) is 5.26. The summed E-state index contributed by atoms with van der Waals surface area (Å²) in [4.78, 5) is 14.3. The minimum Gasteiger partial charge on any atom is -0.444 e. The molecule has 1 aromatic carbocycles. The molecule has 27 heavy (non-hydrogen) atoms. The molecule has 2 rings (SSSR count). The molecule has 6 heteroatoms. The van der Waals surface area contributed by atoms with E-state index < -0.39 is 12.7 Å². The van der Waals surface area contributed by atoms with Gasteiger partial charge in [0.05, 0.1) is 11.2 Å². The third-order valence-corrected chi connectivity index (χ3v) is 5.08. The van der Waals surface area contributed by atoms with Crippen molar-refractivity contribution in [2.24, 2.45) is 0 Å². The highest BCUT2D eigenvalue weighted by atomic mass is 16.7. The highest BCUT2D eigenvalue weighted by Crippen LogP contribution is 2.36. The van der Waals surface area contributed by atoms with E-state index in [1.807, 2.05) is 86.6 Å². The second-order valence-electron chi connectivity index (χ2n) is 9.54. The summed E-state index contributed by atoms with van der Waals surface area (Å²) in [6, 6.07) is 8.05. The standard InChI is InChI=1S/C21H34BNO4/c1-15(2)23(18(24)25-19(3,4)5)14-16-11-10-12-17(13-16)22-26-20(6,7)21(8,9)27-22/h10-13,15H,14H2,1-9H3. The normalized spacial score (nSPS) is 18.7. The number of amides is 1. The molecule has 1 aliphatic heterocycles. The molecule has 1 amide bonds. The Morgan fingerprint density at radius 2 is 1.70 bits per heavy atom. The predicted molar refractivity (Wildman–Crippen MR) is 109 cm³/mol. The molecular weight excluding hydrogens is 341 g/mol. The largest absolute Gasteiger partial charge is 0.494 e. The molecule has 1 aromatic rings. The summed E-state index contributed by atoms with van der Waals surface area (Å²) < 4.78 is 17.8. The lowest BCUT2D eigenvalue weighted by Crippen LogP contribution is -2.41. The maximum atomic E-state index is 12.6. The molecule has 150 valence electrons. The summed E-state index contributed by atoms with van der Waals surface area (Å²) in [6.07, 6.45) is -0.307. The van der Waals surface area contributed by atoms with E-state index in [1.165, 1.54) is 0 Å². The molecule has 0 spiro atoms. The molecule has 0 aliphatic carbocycles. The molecule has 1 saturated heterocycles. The lowest BCUT2D eigenvalue weighted by molar-refractivity contribution is 0.00578. The molecular formula is C21H34BNO4. The highest BCUT2D eigenvalue weighted by Gasteiger charge is 2.51. The first-order chi connectivity index (χ1) is 12.2. The molecule has 0 atom stereocenters. The molecule has 0 radical (unpaired) electrons. The molecule has 1 heterocycles. The Hall–Kier alpha value is -1.53. The molecule has 0 saturated carbocycles. The minimum atomic E-state index is -0.519. The van der Waals surface area contributed by atoms with Crippen molar-refractivity contribution in [1.82, 2.24) is 4.90 Å². The Morgan fingerprint density at radius 3 is 2.19 bits per heavy atom. The molecule has 5 nitrogen and oxygen atoms in total. The number of hydrogen-bond donors (Lipinski definition) is 0. The molecule has 0 bridgehead atoms. The van der Waals surface area contributed by atoms with E-state index >= 15 is 0 Å². The van der Waals surface area contributed by atoms with Gasteiger partial charge in [0.15, 0.2) is 0 Å². The van der Waals surface area contributed by atoms with Crippen molar-refractivity contribution in [2.45, 2.75) is 91.7 Å². The number of benzene rings is 1. The van der Waals surface area contributed by atoms with Gasteiger partial charge in [-0.1, -0.05) is 24.3 Å². The molecule has 0 aromatic heterocycles. The molecule has 0 unspecified atom stereocenters. The first-order valence-corrected chi connectivity index (χ1v) is 9.66. The second kappa shape index (κ2) is 7.48. The van der Waals surface area contributed by atoms with Crippen LogP contribution in [0.3, 0.4) is 0 Å². The van der Waals surface area contributed by atoms with Gasteiger partial charge >= 0.3 is 13.2 Å². The lowest BCUT2D eigenvalue weighted by atomic mass is 9.78. The fourth-order valence-electron chi connectivity index (χ4n) is 2.79. The topological polar surface area (TPSA) is 48.0 Å². The zero-order chi connectivity index (χ0) is 20.6. The van der Waals surface area contributed by atoms with Crippen LogP contribution in [-0.2, 0) is 20.6 Å². The van der Waals surface area contributed by atoms with E-state index in [0.29, 0.717) is 6.54 Å². The van der Waals surface area contributed by atoms with E-state index in [-0.39, 0.29) is 23.3 Å². The van der Waals surface area contributed by atoms with E-state index in [1.54, 1.807) is 4.90 Å². The maximum Gasteiger partial charge on any atom is 0.494 e. The zero-order valence-electron chi connectivity index (χ0n) is 18.3. The summed E-state index contributed by atoms with van der Waals surface area (Å²) in [5.74, 6) is 0. The van der Waals surface area contributed by atoms with Crippen LogP contribution >= 0.6 is 0 Å². The van der Waals surface area contributed by atoms with Crippen molar-refractivity contribution in [2.75, 3.05) is 0 Å². The van der Waals surface area contributed by atoms with Crippen LogP contribution in [0.25, 0.3) is 0 Å². The van der Waals surface area contributed by atoms with E-state index in [2.05, 4.69) is 0 Å². The summed E-state index contributed by atoms with van der Waals surface area (Å²) >= 11 is 0. The van der Waals surface area contributed by atoms with Crippen LogP contribution in [0.4, 0.5) is 4.79 Å². The van der Waals surface area contributed by atoms with Crippen molar-refractivity contribution < 1.29 is 18.8 Å². The Kier molecular flexibility index (Phi) is 6.03. The number of carbonyl (C=O) groups excluding carboxylic acids is 1. The number of rotatable bonds is 4. The van der Waals surface area contributed by atoms with Crippen LogP contribution in [0.2, 0.25) is 0 Å². The number of nitrogens with zero attached hydrogens (tertiary/aromatic N) is 1. The molecule has 1 aliphatic rings. The predicted octanol–water partition coefficient (Wildman–Crippen LogP) is 4.13. The van der Waals surface area contributed by atoms with Crippen molar-refractivity contribution in [3.8, 4) is 0 Å². The summed E-state index contributed by atoms with van der Waals surface area (Å²) in [7, 11) is -0.413. The zero-order valence-corrected chi connectivity index (χ0v) is 18.3. The van der Waals surface area contributed by atoms with Gasteiger partial charge in [0.2, 0.25) is 0 Å². The van der Waals surface area contributed by atoms with Gasteiger partial charge in [-0.25, -0.2) is 4.79 Å². The first-order valence-electron chi connectivity index (χ1n) is 9.66. The van der Waals surface area contributed by atoms with E-state index in [0.717, 1.165) is 11.0 Å². The van der Waals surface area contributed by atoms with Crippen LogP contribution in [0.5, 0.6) is 0 Å². The van der Waals surface area contributed by atoms with Crippen molar-refractivity contribution >= 4 is 18.7 Å². The van der Waals surface area contributed by atoms with Gasteiger partial charge in [-0.15, -0.1) is 0 Å². The van der Waals surface area contributed by atoms with Crippen LogP contribution in [-0.4, -0.2) is 41.0 Å². The average Bonchev–Trinajstić information content (AvgIpc) is 2.71. The van der Waals surface area contributed by atoms with Crippen molar-refractivity contribution in [3.05, 3.63) is 29.8 Å². The van der Waals surface area contributed by atoms with Gasteiger partial charge in [-0.05, 0) is 73.3 Å². The van der Waals surface area contributed by atoms with Crippen LogP contribution in [0.1, 0.15) is 67.9 Å². The summed E-state index contributed by atoms with van der Waals surface area (Å²) in [5.41, 5.74) is 0.692. The Balaban J connectivity index is 2.18. The van der Waals surface area contributed by atoms with Gasteiger partial charge in [0, 0.05) is 12.6 Å². The Bertz CT molecular complexity index is 663. The average molecular weight is 375 g/mol. The van der Waals surface area contributed by atoms with E-state index in [4.69, 9.17) is 14.0 Å². The van der Waals surface area contributed by atoms with E-state index in [9.17, 15) is 4.79 Å². The van der Waals surface area contributed by atoms with Gasteiger partial charge < -0.3 is 18.9 Å². The number of ether oxygens (including phenoxy) is 1. The maximum absolute atomic E-state index is 12.6. The Morgan fingerprint density at radius 1 is 1.15 bits per heavy atom. The monoisotopic (exact) mass is 375 g/mol. The fourth-order valence-corrected chi connectivity index (χ4v) is 2.79. The minimum absolute atomic E-state index is 0.0281. The molecule has 1 fully saturated rings. The molecule has 0 N–H and O–H groups in total. The third-order valence-electron chi connectivity index (χ3n) is 5.08. The smallest absolute Gasteiger partial charge is 0.444 e. The quantitative estimate of drug-likeness (QED) is 0.743. The fraction of sp³-hybridized carbons (Fsp3) is 0.667. The second-order valence-corrected chi connectivity index (χ2v) is 9.54.